The number of rotatable bonds is 18. The third kappa shape index (κ3) is 32.8. The van der Waals surface area contributed by atoms with Crippen LogP contribution in [0.3, 0.4) is 0 Å². The summed E-state index contributed by atoms with van der Waals surface area (Å²) in [6.07, 6.45) is 3.63. The number of ether oxygens (including phenoxy) is 2. The number of amides is 4. The van der Waals surface area contributed by atoms with E-state index in [4.69, 9.17) is 118 Å². The molecule has 0 spiro atoms. The summed E-state index contributed by atoms with van der Waals surface area (Å²) < 4.78 is 15.5. The van der Waals surface area contributed by atoms with Gasteiger partial charge >= 0.3 is 12.1 Å². The van der Waals surface area contributed by atoms with Crippen molar-refractivity contribution in [2.24, 2.45) is 0 Å². The number of hydrogen-bond donors (Lipinski definition) is 4. The summed E-state index contributed by atoms with van der Waals surface area (Å²) in [5, 5.41) is 100. The number of aromatic nitrogens is 6. The third-order valence-electron chi connectivity index (χ3n) is 10.9. The fourth-order valence-electron chi connectivity index (χ4n) is 6.90. The van der Waals surface area contributed by atoms with Crippen LogP contribution in [0.2, 0.25) is 0 Å². The van der Waals surface area contributed by atoms with E-state index in [1.54, 1.807) is 14.1 Å². The number of carbonyl (C=O) groups excluding carboxylic acids is 12. The summed E-state index contributed by atoms with van der Waals surface area (Å²) in [5.74, 6) is -19.8. The predicted molar refractivity (Wildman–Crippen MR) is 266 cm³/mol. The van der Waals surface area contributed by atoms with Crippen molar-refractivity contribution in [2.75, 3.05) is 119 Å². The molecule has 4 aromatic heterocycles. The summed E-state index contributed by atoms with van der Waals surface area (Å²) >= 11 is 0. The topological polar surface area (TPSA) is 576 Å². The first-order chi connectivity index (χ1) is 40.6. The normalized spacial score (nSPS) is 12.8. The van der Waals surface area contributed by atoms with Crippen LogP contribution in [0.15, 0.2) is 36.7 Å². The minimum Gasteiger partial charge on any atom is -0.543 e. The van der Waals surface area contributed by atoms with Crippen molar-refractivity contribution in [3.05, 3.63) is 48.3 Å². The van der Waals surface area contributed by atoms with Gasteiger partial charge in [0.1, 0.15) is 22.7 Å². The number of piperazine rings is 2. The molecular formula is C48H62N14O24-10. The Morgan fingerprint density at radius 2 is 0.698 bits per heavy atom. The number of imidazole rings is 2. The zero-order chi connectivity index (χ0) is 65.3. The fourth-order valence-corrected chi connectivity index (χ4v) is 6.90. The molecule has 38 heteroatoms. The van der Waals surface area contributed by atoms with Crippen LogP contribution in [0.4, 0.5) is 9.59 Å². The smallest absolute Gasteiger partial charge is 0.314 e. The average molecular weight is 1220 g/mol. The van der Waals surface area contributed by atoms with Crippen molar-refractivity contribution in [1.29, 1.82) is 0 Å². The molecule has 0 bridgehead atoms. The van der Waals surface area contributed by atoms with Crippen LogP contribution in [0.5, 0.6) is 0 Å². The largest absolute Gasteiger partial charge is 0.543 e. The number of fused-ring (bicyclic) bond motifs is 2. The molecule has 0 aliphatic carbocycles. The van der Waals surface area contributed by atoms with E-state index in [-0.39, 0.29) is 12.1 Å². The zero-order valence-electron chi connectivity index (χ0n) is 46.9. The molecule has 0 unspecified atom stereocenters. The Morgan fingerprint density at radius 3 is 0.942 bits per heavy atom. The van der Waals surface area contributed by atoms with E-state index >= 15 is 0 Å². The highest BCUT2D eigenvalue weighted by molar-refractivity contribution is 6.26. The number of nitrogens with zero attached hydrogens (tertiary/aromatic N) is 10. The van der Waals surface area contributed by atoms with Gasteiger partial charge in [-0.15, -0.1) is 0 Å². The Bertz CT molecular complexity index is 2510. The average Bonchev–Trinajstić information content (AvgIpc) is 2.22. The molecule has 0 aromatic carbocycles. The number of carbonyl (C=O) groups is 12. The Morgan fingerprint density at radius 1 is 0.430 bits per heavy atom. The summed E-state index contributed by atoms with van der Waals surface area (Å²) in [4.78, 5) is 140. The van der Waals surface area contributed by atoms with Gasteiger partial charge in [-0.05, 0) is 38.1 Å². The molecular weight excluding hydrogens is 1160 g/mol. The maximum absolute atomic E-state index is 11.2. The monoisotopic (exact) mass is 1220 g/mol. The molecule has 2 saturated heterocycles. The lowest BCUT2D eigenvalue weighted by Gasteiger charge is -2.34. The minimum atomic E-state index is -2.19. The van der Waals surface area contributed by atoms with Gasteiger partial charge in [0, 0.05) is 131 Å². The zero-order valence-corrected chi connectivity index (χ0v) is 46.9. The van der Waals surface area contributed by atoms with Crippen LogP contribution in [0.25, 0.3) is 22.3 Å². The lowest BCUT2D eigenvalue weighted by Crippen LogP contribution is -2.48. The number of carboxylic acids is 10. The Kier molecular flexibility index (Phi) is 38.1. The first-order valence-electron chi connectivity index (χ1n) is 25.3. The summed E-state index contributed by atoms with van der Waals surface area (Å²) in [7, 11) is 3.26. The van der Waals surface area contributed by atoms with Crippen molar-refractivity contribution in [2.45, 2.75) is 40.0 Å². The molecule has 0 radical (unpaired) electrons. The predicted octanol–water partition coefficient (Wildman–Crippen LogP) is -16.5. The van der Waals surface area contributed by atoms with Gasteiger partial charge in [-0.2, -0.15) is 0 Å². The van der Waals surface area contributed by atoms with Crippen LogP contribution in [-0.4, -0.2) is 239 Å². The summed E-state index contributed by atoms with van der Waals surface area (Å²) in [6, 6.07) is 7.63. The van der Waals surface area contributed by atoms with Gasteiger partial charge < -0.3 is 139 Å². The summed E-state index contributed by atoms with van der Waals surface area (Å²) in [6.45, 7) is 20.9. The van der Waals surface area contributed by atoms with Gasteiger partial charge in [0.15, 0.2) is 11.3 Å². The van der Waals surface area contributed by atoms with Crippen molar-refractivity contribution >= 4 is 94.1 Å². The quantitative estimate of drug-likeness (QED) is 0.0531. The molecule has 2 aliphatic rings. The minimum absolute atomic E-state index is 0.127. The van der Waals surface area contributed by atoms with Crippen LogP contribution < -0.4 is 72.3 Å². The standard InChI is InChI=1S/2C19H31N7O2.5C2H2O4/c2*1-3-28-14-13-26-17(23-16-5-4-6-21-18(16)26)15-25-11-9-24(10-12-25)8-7-22-19(27)20-2;5*3-1(4)2(5)6/h2*4-6H,3,7-15H2,1-2H3,(H2,20,22,27);5*(H,3,4)(H,5,6)/p-10. The highest BCUT2D eigenvalue weighted by Gasteiger charge is 2.22. The van der Waals surface area contributed by atoms with E-state index in [1.807, 2.05) is 50.5 Å². The Balaban J connectivity index is 0.00000114. The highest BCUT2D eigenvalue weighted by atomic mass is 16.5. The maximum atomic E-state index is 11.2. The molecule has 4 N–H and O–H groups in total. The number of aliphatic carboxylic acids is 10. The fraction of sp³-hybridized carbons (Fsp3) is 0.500. The van der Waals surface area contributed by atoms with Crippen LogP contribution in [0, 0.1) is 0 Å². The molecule has 478 valence electrons. The molecule has 0 saturated carbocycles. The molecule has 86 heavy (non-hydrogen) atoms. The van der Waals surface area contributed by atoms with E-state index < -0.39 is 59.7 Å². The maximum Gasteiger partial charge on any atom is 0.314 e. The molecule has 38 nitrogen and oxygen atoms in total. The van der Waals surface area contributed by atoms with Crippen LogP contribution in [0.1, 0.15) is 25.5 Å². The lowest BCUT2D eigenvalue weighted by atomic mass is 10.3. The number of hydrogen-bond acceptors (Lipinski definition) is 32. The van der Waals surface area contributed by atoms with Gasteiger partial charge in [0.2, 0.25) is 0 Å². The van der Waals surface area contributed by atoms with E-state index in [2.05, 4.69) is 60.0 Å². The first kappa shape index (κ1) is 76.2. The van der Waals surface area contributed by atoms with Gasteiger partial charge in [0.05, 0.1) is 86.0 Å². The lowest BCUT2D eigenvalue weighted by molar-refractivity contribution is -0.345. The molecule has 2 aliphatic heterocycles. The number of nitrogens with one attached hydrogen (secondary N) is 4. The van der Waals surface area contributed by atoms with Crippen molar-refractivity contribution in [3.63, 3.8) is 0 Å². The van der Waals surface area contributed by atoms with Crippen LogP contribution >= 0.6 is 0 Å². The molecule has 2 fully saturated rings. The van der Waals surface area contributed by atoms with Gasteiger partial charge in [-0.1, -0.05) is 0 Å². The third-order valence-corrected chi connectivity index (χ3v) is 10.9. The molecule has 6 rings (SSSR count). The SMILES string of the molecule is CCOCCn1c(CN2CCN(CCNC(=O)NC)CC2)nc2cccnc21.CCOCCn1c(CN2CCN(CCNC(=O)NC)CC2)nc2cccnc21.O=C([O-])C(=O)[O-].O=C([O-])C(=O)[O-].O=C([O-])C(=O)[O-].O=C([O-])C(=O)[O-].O=C([O-])C(=O)[O-]. The molecule has 4 amide bonds. The molecule has 0 atom stereocenters. The molecule has 4 aromatic rings. The second-order valence-electron chi connectivity index (χ2n) is 16.6. The van der Waals surface area contributed by atoms with Crippen molar-refractivity contribution < 1.29 is 118 Å². The van der Waals surface area contributed by atoms with Crippen LogP contribution in [-0.2, 0) is 83.6 Å². The Hall–Kier alpha value is -9.76. The summed E-state index contributed by atoms with van der Waals surface area (Å²) in [5.41, 5.74) is 3.73. The number of carboxylic acid groups (broad SMARTS) is 10. The number of urea groups is 2. The van der Waals surface area contributed by atoms with E-state index in [0.29, 0.717) is 39.5 Å². The van der Waals surface area contributed by atoms with Crippen molar-refractivity contribution in [3.8, 4) is 0 Å². The van der Waals surface area contributed by atoms with E-state index in [9.17, 15) is 9.59 Å². The number of pyridine rings is 2. The van der Waals surface area contributed by atoms with Crippen molar-refractivity contribution in [1.82, 2.24) is 69.9 Å². The van der Waals surface area contributed by atoms with E-state index in [0.717, 1.165) is 126 Å². The van der Waals surface area contributed by atoms with E-state index in [1.165, 1.54) is 0 Å². The van der Waals surface area contributed by atoms with Gasteiger partial charge in [0.25, 0.3) is 0 Å². The highest BCUT2D eigenvalue weighted by Crippen LogP contribution is 2.18. The van der Waals surface area contributed by atoms with Gasteiger partial charge in [-0.25, -0.2) is 29.5 Å². The Labute approximate surface area is 488 Å². The second-order valence-corrected chi connectivity index (χ2v) is 16.6. The first-order valence-corrected chi connectivity index (χ1v) is 25.3. The van der Waals surface area contributed by atoms with Gasteiger partial charge in [-0.3, -0.25) is 19.6 Å². The molecule has 6 heterocycles. The second kappa shape index (κ2) is 43.0.